The number of nitrogens with one attached hydrogen (secondary N) is 2. The fourth-order valence-electron chi connectivity index (χ4n) is 3.06. The van der Waals surface area contributed by atoms with Gasteiger partial charge in [0.25, 0.3) is 11.8 Å². The minimum Gasteiger partial charge on any atom is -0.352 e. The van der Waals surface area contributed by atoms with Gasteiger partial charge in [0.2, 0.25) is 5.01 Å². The summed E-state index contributed by atoms with van der Waals surface area (Å²) in [4.78, 5) is 29.3. The number of amides is 2. The molecule has 2 heterocycles. The van der Waals surface area contributed by atoms with Gasteiger partial charge >= 0.3 is 0 Å². The molecule has 0 atom stereocenters. The molecule has 1 fully saturated rings. The van der Waals surface area contributed by atoms with Crippen molar-refractivity contribution in [3.63, 3.8) is 0 Å². The van der Waals surface area contributed by atoms with E-state index < -0.39 is 0 Å². The van der Waals surface area contributed by atoms with E-state index in [1.807, 2.05) is 6.92 Å². The topological polar surface area (TPSA) is 90.5 Å². The van der Waals surface area contributed by atoms with Gasteiger partial charge in [0, 0.05) is 44.0 Å². The van der Waals surface area contributed by atoms with Crippen LogP contribution in [-0.4, -0.2) is 78.1 Å². The van der Waals surface area contributed by atoms with Crippen molar-refractivity contribution in [2.45, 2.75) is 19.8 Å². The van der Waals surface area contributed by atoms with Crippen LogP contribution in [0.4, 0.5) is 5.69 Å². The number of carbonyl (C=O) groups is 2. The summed E-state index contributed by atoms with van der Waals surface area (Å²) in [6.45, 7) is 8.02. The number of aromatic nitrogens is 2. The molecule has 0 unspecified atom stereocenters. The molecule has 156 valence electrons. The lowest BCUT2D eigenvalue weighted by molar-refractivity contribution is 0.0949. The van der Waals surface area contributed by atoms with Gasteiger partial charge in [0.1, 0.15) is 5.01 Å². The van der Waals surface area contributed by atoms with Crippen molar-refractivity contribution < 1.29 is 9.59 Å². The summed E-state index contributed by atoms with van der Waals surface area (Å²) in [5, 5.41) is 14.8. The summed E-state index contributed by atoms with van der Waals surface area (Å²) in [6, 6.07) is 6.86. The predicted molar refractivity (Wildman–Crippen MR) is 115 cm³/mol. The van der Waals surface area contributed by atoms with Crippen LogP contribution in [-0.2, 0) is 6.42 Å². The summed E-state index contributed by atoms with van der Waals surface area (Å²) < 4.78 is 0. The van der Waals surface area contributed by atoms with E-state index in [1.165, 1.54) is 11.3 Å². The first-order valence-electron chi connectivity index (χ1n) is 9.98. The maximum atomic E-state index is 12.3. The second-order valence-corrected chi connectivity index (χ2v) is 8.20. The van der Waals surface area contributed by atoms with Crippen LogP contribution < -0.4 is 10.6 Å². The molecule has 3 rings (SSSR count). The second-order valence-electron chi connectivity index (χ2n) is 7.14. The lowest BCUT2D eigenvalue weighted by Crippen LogP contribution is -2.45. The first-order valence-corrected chi connectivity index (χ1v) is 10.8. The van der Waals surface area contributed by atoms with Crippen LogP contribution >= 0.6 is 11.3 Å². The Kier molecular flexibility index (Phi) is 7.68. The number of hydrogen-bond donors (Lipinski definition) is 2. The Balaban J connectivity index is 1.40. The Morgan fingerprint density at radius 2 is 1.79 bits per heavy atom. The first-order chi connectivity index (χ1) is 14.0. The standard InChI is InChI=1S/C20H28N6O2S/c1-3-17-23-24-20(29-17)19(28)22-16-7-5-15(6-8-16)18(27)21-9-4-10-26-13-11-25(2)12-14-26/h5-8H,3-4,9-14H2,1-2H3,(H,21,27)(H,22,28). The summed E-state index contributed by atoms with van der Waals surface area (Å²) in [5.74, 6) is -0.388. The van der Waals surface area contributed by atoms with E-state index in [2.05, 4.69) is 37.7 Å². The van der Waals surface area contributed by atoms with Gasteiger partial charge in [-0.1, -0.05) is 18.3 Å². The molecule has 0 bridgehead atoms. The van der Waals surface area contributed by atoms with E-state index in [1.54, 1.807) is 24.3 Å². The molecule has 1 aromatic carbocycles. The van der Waals surface area contributed by atoms with Crippen LogP contribution in [0.5, 0.6) is 0 Å². The highest BCUT2D eigenvalue weighted by molar-refractivity contribution is 7.13. The van der Waals surface area contributed by atoms with Crippen LogP contribution in [0.3, 0.4) is 0 Å². The number of likely N-dealkylation sites (N-methyl/N-ethyl adjacent to an activating group) is 1. The van der Waals surface area contributed by atoms with Crippen LogP contribution in [0.25, 0.3) is 0 Å². The molecule has 29 heavy (non-hydrogen) atoms. The highest BCUT2D eigenvalue weighted by Crippen LogP contribution is 2.14. The average molecular weight is 417 g/mol. The normalized spacial score (nSPS) is 15.2. The van der Waals surface area contributed by atoms with Crippen LogP contribution in [0, 0.1) is 0 Å². The molecule has 2 aromatic rings. The Morgan fingerprint density at radius 3 is 2.45 bits per heavy atom. The first kappa shape index (κ1) is 21.4. The quantitative estimate of drug-likeness (QED) is 0.637. The van der Waals surface area contributed by atoms with E-state index in [0.717, 1.165) is 50.6 Å². The van der Waals surface area contributed by atoms with Crippen molar-refractivity contribution in [3.05, 3.63) is 39.8 Å². The zero-order valence-corrected chi connectivity index (χ0v) is 17.8. The molecule has 8 nitrogen and oxygen atoms in total. The summed E-state index contributed by atoms with van der Waals surface area (Å²) in [5.41, 5.74) is 1.20. The SMILES string of the molecule is CCc1nnc(C(=O)Nc2ccc(C(=O)NCCCN3CCN(C)CC3)cc2)s1. The number of nitrogens with zero attached hydrogens (tertiary/aromatic N) is 4. The number of carbonyl (C=O) groups excluding carboxylic acids is 2. The van der Waals surface area contributed by atoms with Gasteiger partial charge in [-0.05, 0) is 50.7 Å². The van der Waals surface area contributed by atoms with Crippen molar-refractivity contribution in [1.29, 1.82) is 0 Å². The van der Waals surface area contributed by atoms with E-state index in [4.69, 9.17) is 0 Å². The van der Waals surface area contributed by atoms with Crippen molar-refractivity contribution in [2.24, 2.45) is 0 Å². The maximum absolute atomic E-state index is 12.3. The van der Waals surface area contributed by atoms with Gasteiger partial charge < -0.3 is 20.4 Å². The molecule has 0 radical (unpaired) electrons. The van der Waals surface area contributed by atoms with Crippen LogP contribution in [0.15, 0.2) is 24.3 Å². The highest BCUT2D eigenvalue weighted by Gasteiger charge is 2.14. The van der Waals surface area contributed by atoms with Gasteiger partial charge in [-0.3, -0.25) is 9.59 Å². The number of hydrogen-bond acceptors (Lipinski definition) is 7. The molecule has 2 N–H and O–H groups in total. The number of anilines is 1. The van der Waals surface area contributed by atoms with Gasteiger partial charge in [0.15, 0.2) is 0 Å². The monoisotopic (exact) mass is 416 g/mol. The average Bonchev–Trinajstić information content (AvgIpc) is 3.22. The molecule has 2 amide bonds. The van der Waals surface area contributed by atoms with E-state index in [9.17, 15) is 9.59 Å². The number of aryl methyl sites for hydroxylation is 1. The maximum Gasteiger partial charge on any atom is 0.286 e. The zero-order valence-electron chi connectivity index (χ0n) is 17.0. The lowest BCUT2D eigenvalue weighted by Gasteiger charge is -2.32. The number of benzene rings is 1. The molecule has 0 saturated carbocycles. The van der Waals surface area contributed by atoms with Gasteiger partial charge in [-0.25, -0.2) is 0 Å². The Hall–Kier alpha value is -2.36. The van der Waals surface area contributed by atoms with Gasteiger partial charge in [-0.2, -0.15) is 0 Å². The molecule has 1 aliphatic heterocycles. The molecule has 9 heteroatoms. The fraction of sp³-hybridized carbons (Fsp3) is 0.500. The van der Waals surface area contributed by atoms with Crippen molar-refractivity contribution in [2.75, 3.05) is 51.6 Å². The smallest absolute Gasteiger partial charge is 0.286 e. The third-order valence-corrected chi connectivity index (χ3v) is 5.97. The summed E-state index contributed by atoms with van der Waals surface area (Å²) >= 11 is 1.29. The summed E-state index contributed by atoms with van der Waals surface area (Å²) in [7, 11) is 2.15. The molecular weight excluding hydrogens is 388 g/mol. The van der Waals surface area contributed by atoms with E-state index in [-0.39, 0.29) is 11.8 Å². The van der Waals surface area contributed by atoms with Crippen molar-refractivity contribution in [1.82, 2.24) is 25.3 Å². The summed E-state index contributed by atoms with van der Waals surface area (Å²) in [6.07, 6.45) is 1.69. The molecule has 1 aromatic heterocycles. The Bertz CT molecular complexity index is 815. The molecule has 1 aliphatic rings. The number of rotatable bonds is 8. The Labute approximate surface area is 175 Å². The van der Waals surface area contributed by atoms with E-state index >= 15 is 0 Å². The molecule has 0 spiro atoms. The van der Waals surface area contributed by atoms with Gasteiger partial charge in [0.05, 0.1) is 0 Å². The lowest BCUT2D eigenvalue weighted by atomic mass is 10.2. The highest BCUT2D eigenvalue weighted by atomic mass is 32.1. The zero-order chi connectivity index (χ0) is 20.6. The van der Waals surface area contributed by atoms with Crippen LogP contribution in [0.2, 0.25) is 0 Å². The Morgan fingerprint density at radius 1 is 1.07 bits per heavy atom. The predicted octanol–water partition coefficient (Wildman–Crippen LogP) is 1.72. The fourth-order valence-corrected chi connectivity index (χ4v) is 3.73. The molecule has 1 saturated heterocycles. The second kappa shape index (κ2) is 10.4. The minimum absolute atomic E-state index is 0.0991. The van der Waals surface area contributed by atoms with Crippen molar-refractivity contribution >= 4 is 28.8 Å². The van der Waals surface area contributed by atoms with Crippen molar-refractivity contribution in [3.8, 4) is 0 Å². The van der Waals surface area contributed by atoms with Crippen LogP contribution in [0.1, 0.15) is 38.5 Å². The minimum atomic E-state index is -0.289. The van der Waals surface area contributed by atoms with E-state index in [0.29, 0.717) is 22.8 Å². The third kappa shape index (κ3) is 6.31. The largest absolute Gasteiger partial charge is 0.352 e. The number of piperazine rings is 1. The molecule has 0 aliphatic carbocycles. The third-order valence-electron chi connectivity index (χ3n) is 4.90. The molecular formula is C20H28N6O2S. The van der Waals surface area contributed by atoms with Gasteiger partial charge in [-0.15, -0.1) is 10.2 Å².